The Labute approximate surface area is 119 Å². The SMILES string of the molecule is CCOC(=O)C1CNCCN1c1ncncc1I. The van der Waals surface area contributed by atoms with Gasteiger partial charge in [-0.15, -0.1) is 0 Å². The van der Waals surface area contributed by atoms with Crippen LogP contribution in [0.5, 0.6) is 0 Å². The standard InChI is InChI=1S/C11H15IN4O2/c1-2-18-11(17)9-6-13-3-4-16(9)10-8(12)5-14-7-15-10/h5,7,9,13H,2-4,6H2,1H3. The first kappa shape index (κ1) is 13.5. The maximum atomic E-state index is 11.9. The molecule has 0 amide bonds. The molecule has 1 aliphatic rings. The van der Waals surface area contributed by atoms with E-state index < -0.39 is 0 Å². The molecule has 18 heavy (non-hydrogen) atoms. The molecule has 1 aromatic rings. The summed E-state index contributed by atoms with van der Waals surface area (Å²) in [5, 5.41) is 3.20. The number of anilines is 1. The molecule has 1 atom stereocenters. The first-order valence-corrected chi connectivity index (χ1v) is 6.91. The van der Waals surface area contributed by atoms with Crippen LogP contribution in [0.4, 0.5) is 5.82 Å². The van der Waals surface area contributed by atoms with Gasteiger partial charge in [0, 0.05) is 25.8 Å². The van der Waals surface area contributed by atoms with Crippen LogP contribution in [0.1, 0.15) is 6.92 Å². The van der Waals surface area contributed by atoms with Gasteiger partial charge in [-0.2, -0.15) is 0 Å². The van der Waals surface area contributed by atoms with E-state index in [0.717, 1.165) is 22.5 Å². The van der Waals surface area contributed by atoms with E-state index in [1.54, 1.807) is 6.20 Å². The van der Waals surface area contributed by atoms with Gasteiger partial charge >= 0.3 is 5.97 Å². The first-order valence-electron chi connectivity index (χ1n) is 5.83. The predicted molar refractivity (Wildman–Crippen MR) is 75.4 cm³/mol. The van der Waals surface area contributed by atoms with Crippen LogP contribution in [-0.4, -0.2) is 48.2 Å². The van der Waals surface area contributed by atoms with E-state index in [-0.39, 0.29) is 12.0 Å². The van der Waals surface area contributed by atoms with E-state index in [4.69, 9.17) is 4.74 Å². The van der Waals surface area contributed by atoms with Gasteiger partial charge in [0.05, 0.1) is 10.2 Å². The molecule has 1 aromatic heterocycles. The number of piperazine rings is 1. The average molecular weight is 362 g/mol. The Balaban J connectivity index is 2.23. The molecule has 0 radical (unpaired) electrons. The number of aromatic nitrogens is 2. The first-order chi connectivity index (χ1) is 8.74. The second-order valence-corrected chi connectivity index (χ2v) is 5.02. The summed E-state index contributed by atoms with van der Waals surface area (Å²) in [6, 6.07) is -0.317. The smallest absolute Gasteiger partial charge is 0.330 e. The van der Waals surface area contributed by atoms with Crippen LogP contribution in [0, 0.1) is 3.57 Å². The molecular formula is C11H15IN4O2. The van der Waals surface area contributed by atoms with Crippen LogP contribution in [0.3, 0.4) is 0 Å². The molecule has 1 unspecified atom stereocenters. The van der Waals surface area contributed by atoms with Crippen LogP contribution < -0.4 is 10.2 Å². The fourth-order valence-corrected chi connectivity index (χ4v) is 2.53. The number of esters is 1. The molecule has 1 fully saturated rings. The highest BCUT2D eigenvalue weighted by molar-refractivity contribution is 14.1. The van der Waals surface area contributed by atoms with Crippen molar-refractivity contribution >= 4 is 34.4 Å². The normalized spacial score (nSPS) is 19.7. The fraction of sp³-hybridized carbons (Fsp3) is 0.545. The van der Waals surface area contributed by atoms with Crippen LogP contribution in [0.15, 0.2) is 12.5 Å². The van der Waals surface area contributed by atoms with Gasteiger partial charge in [0.2, 0.25) is 0 Å². The van der Waals surface area contributed by atoms with Crippen LogP contribution in [-0.2, 0) is 9.53 Å². The quantitative estimate of drug-likeness (QED) is 0.621. The number of hydrogen-bond acceptors (Lipinski definition) is 6. The van der Waals surface area contributed by atoms with E-state index >= 15 is 0 Å². The molecular weight excluding hydrogens is 347 g/mol. The number of carbonyl (C=O) groups is 1. The Kier molecular flexibility index (Phi) is 4.70. The Morgan fingerprint density at radius 1 is 1.72 bits per heavy atom. The zero-order valence-electron chi connectivity index (χ0n) is 10.1. The van der Waals surface area contributed by atoms with E-state index in [9.17, 15) is 4.79 Å². The third kappa shape index (κ3) is 2.89. The van der Waals surface area contributed by atoms with Crippen molar-refractivity contribution < 1.29 is 9.53 Å². The van der Waals surface area contributed by atoms with Crippen LogP contribution in [0.2, 0.25) is 0 Å². The van der Waals surface area contributed by atoms with E-state index in [1.807, 2.05) is 11.8 Å². The molecule has 0 aromatic carbocycles. The van der Waals surface area contributed by atoms with Crippen LogP contribution in [0.25, 0.3) is 0 Å². The predicted octanol–water partition coefficient (Wildman–Crippen LogP) is 0.422. The Morgan fingerprint density at radius 2 is 2.56 bits per heavy atom. The minimum Gasteiger partial charge on any atom is -0.464 e. The molecule has 1 N–H and O–H groups in total. The Hall–Kier alpha value is -0.960. The molecule has 7 heteroatoms. The van der Waals surface area contributed by atoms with Crippen molar-refractivity contribution in [2.45, 2.75) is 13.0 Å². The molecule has 6 nitrogen and oxygen atoms in total. The number of ether oxygens (including phenoxy) is 1. The molecule has 0 aliphatic carbocycles. The summed E-state index contributed by atoms with van der Waals surface area (Å²) < 4.78 is 6.04. The number of hydrogen-bond donors (Lipinski definition) is 1. The third-order valence-electron chi connectivity index (χ3n) is 2.72. The summed E-state index contributed by atoms with van der Waals surface area (Å²) in [7, 11) is 0. The Bertz CT molecular complexity index is 429. The van der Waals surface area contributed by atoms with Gasteiger partial charge in [-0.3, -0.25) is 0 Å². The van der Waals surface area contributed by atoms with E-state index in [2.05, 4.69) is 37.9 Å². The minimum absolute atomic E-state index is 0.209. The fourth-order valence-electron chi connectivity index (χ4n) is 1.92. The number of carbonyl (C=O) groups excluding carboxylic acids is 1. The third-order valence-corrected chi connectivity index (χ3v) is 3.48. The summed E-state index contributed by atoms with van der Waals surface area (Å²) in [4.78, 5) is 22.2. The summed E-state index contributed by atoms with van der Waals surface area (Å²) in [5.74, 6) is 0.587. The van der Waals surface area contributed by atoms with Gasteiger partial charge in [0.1, 0.15) is 18.2 Å². The summed E-state index contributed by atoms with van der Waals surface area (Å²) >= 11 is 2.18. The maximum absolute atomic E-state index is 11.9. The molecule has 1 aliphatic heterocycles. The van der Waals surface area contributed by atoms with Crippen molar-refractivity contribution in [3.63, 3.8) is 0 Å². The van der Waals surface area contributed by atoms with Gasteiger partial charge in [0.25, 0.3) is 0 Å². The second-order valence-electron chi connectivity index (χ2n) is 3.86. The number of nitrogens with zero attached hydrogens (tertiary/aromatic N) is 3. The molecule has 2 rings (SSSR count). The van der Waals surface area contributed by atoms with Gasteiger partial charge in [-0.05, 0) is 29.5 Å². The van der Waals surface area contributed by atoms with Crippen molar-refractivity contribution in [3.05, 3.63) is 16.1 Å². The highest BCUT2D eigenvalue weighted by Crippen LogP contribution is 2.21. The lowest BCUT2D eigenvalue weighted by molar-refractivity contribution is -0.144. The molecule has 98 valence electrons. The van der Waals surface area contributed by atoms with Gasteiger partial charge in [-0.1, -0.05) is 0 Å². The zero-order valence-corrected chi connectivity index (χ0v) is 12.3. The summed E-state index contributed by atoms with van der Waals surface area (Å²) in [5.41, 5.74) is 0. The van der Waals surface area contributed by atoms with Gasteiger partial charge in [0.15, 0.2) is 0 Å². The van der Waals surface area contributed by atoms with Crippen molar-refractivity contribution in [1.29, 1.82) is 0 Å². The molecule has 0 spiro atoms. The number of nitrogens with one attached hydrogen (secondary N) is 1. The van der Waals surface area contributed by atoms with E-state index in [1.165, 1.54) is 6.33 Å². The zero-order chi connectivity index (χ0) is 13.0. The molecule has 1 saturated heterocycles. The summed E-state index contributed by atoms with van der Waals surface area (Å²) in [6.07, 6.45) is 3.24. The lowest BCUT2D eigenvalue weighted by atomic mass is 10.2. The summed E-state index contributed by atoms with van der Waals surface area (Å²) in [6.45, 7) is 4.35. The van der Waals surface area contributed by atoms with Crippen molar-refractivity contribution in [2.24, 2.45) is 0 Å². The highest BCUT2D eigenvalue weighted by Gasteiger charge is 2.31. The average Bonchev–Trinajstić information content (AvgIpc) is 2.40. The van der Waals surface area contributed by atoms with Crippen molar-refractivity contribution in [2.75, 3.05) is 31.1 Å². The van der Waals surface area contributed by atoms with E-state index in [0.29, 0.717) is 13.2 Å². The number of halogens is 1. The van der Waals surface area contributed by atoms with Crippen LogP contribution >= 0.6 is 22.6 Å². The monoisotopic (exact) mass is 362 g/mol. The van der Waals surface area contributed by atoms with Gasteiger partial charge < -0.3 is 15.0 Å². The molecule has 2 heterocycles. The Morgan fingerprint density at radius 3 is 3.28 bits per heavy atom. The second kappa shape index (κ2) is 6.28. The topological polar surface area (TPSA) is 67.3 Å². The highest BCUT2D eigenvalue weighted by atomic mass is 127. The molecule has 0 saturated carbocycles. The minimum atomic E-state index is -0.317. The number of rotatable bonds is 3. The van der Waals surface area contributed by atoms with Crippen molar-refractivity contribution in [1.82, 2.24) is 15.3 Å². The maximum Gasteiger partial charge on any atom is 0.330 e. The molecule has 0 bridgehead atoms. The largest absolute Gasteiger partial charge is 0.464 e. The lowest BCUT2D eigenvalue weighted by Crippen LogP contribution is -2.56. The van der Waals surface area contributed by atoms with Gasteiger partial charge in [-0.25, -0.2) is 14.8 Å². The van der Waals surface area contributed by atoms with Crippen molar-refractivity contribution in [3.8, 4) is 0 Å². The lowest BCUT2D eigenvalue weighted by Gasteiger charge is -2.35.